The van der Waals surface area contributed by atoms with Crippen LogP contribution < -0.4 is 25.1 Å². The first-order chi connectivity index (χ1) is 13.7. The summed E-state index contributed by atoms with van der Waals surface area (Å²) in [5.74, 6) is 1.64. The van der Waals surface area contributed by atoms with E-state index in [0.717, 1.165) is 5.56 Å². The molecule has 0 atom stereocenters. The van der Waals surface area contributed by atoms with Gasteiger partial charge in [-0.15, -0.1) is 0 Å². The number of nitrogens with zero attached hydrogens (tertiary/aromatic N) is 1. The summed E-state index contributed by atoms with van der Waals surface area (Å²) in [6.45, 7) is 2.95. The molecule has 2 heterocycles. The molecule has 1 aliphatic rings. The van der Waals surface area contributed by atoms with Crippen molar-refractivity contribution in [2.75, 3.05) is 13.4 Å². The van der Waals surface area contributed by atoms with Gasteiger partial charge in [0, 0.05) is 24.7 Å². The molecule has 7 heteroatoms. The quantitative estimate of drug-likeness (QED) is 0.711. The van der Waals surface area contributed by atoms with Crippen molar-refractivity contribution in [3.05, 3.63) is 64.6 Å². The van der Waals surface area contributed by atoms with Crippen LogP contribution in [0.3, 0.4) is 0 Å². The van der Waals surface area contributed by atoms with Crippen molar-refractivity contribution in [2.45, 2.75) is 20.0 Å². The van der Waals surface area contributed by atoms with Crippen LogP contribution in [0, 0.1) is 0 Å². The number of hydrogen-bond donors (Lipinski definition) is 1. The molecule has 144 valence electrons. The highest BCUT2D eigenvalue weighted by atomic mass is 16.7. The third-order valence-electron chi connectivity index (χ3n) is 4.60. The van der Waals surface area contributed by atoms with Crippen LogP contribution in [-0.4, -0.2) is 23.9 Å². The van der Waals surface area contributed by atoms with E-state index in [1.54, 1.807) is 29.0 Å². The Morgan fingerprint density at radius 1 is 1.14 bits per heavy atom. The molecular formula is C21H20N2O5. The second kappa shape index (κ2) is 7.64. The van der Waals surface area contributed by atoms with Crippen LogP contribution in [0.15, 0.2) is 53.5 Å². The molecule has 0 unspecified atom stereocenters. The Labute approximate surface area is 161 Å². The lowest BCUT2D eigenvalue weighted by molar-refractivity contribution is -0.123. The van der Waals surface area contributed by atoms with Crippen LogP contribution in [0.4, 0.5) is 0 Å². The standard InChI is InChI=1S/C21H20N2O5/c1-2-23-9-8-15-16(21(23)25)4-3-5-17(15)26-12-20(24)22-11-14-6-7-18-19(10-14)28-13-27-18/h3-10H,2,11-13H2,1H3,(H,22,24). The van der Waals surface area contributed by atoms with E-state index in [-0.39, 0.29) is 24.9 Å². The molecule has 1 aliphatic heterocycles. The van der Waals surface area contributed by atoms with E-state index in [4.69, 9.17) is 14.2 Å². The van der Waals surface area contributed by atoms with Gasteiger partial charge >= 0.3 is 0 Å². The van der Waals surface area contributed by atoms with Crippen molar-refractivity contribution in [3.63, 3.8) is 0 Å². The summed E-state index contributed by atoms with van der Waals surface area (Å²) in [5, 5.41) is 4.08. The second-order valence-electron chi connectivity index (χ2n) is 6.38. The van der Waals surface area contributed by atoms with E-state index in [1.165, 1.54) is 0 Å². The van der Waals surface area contributed by atoms with Crippen molar-refractivity contribution in [2.24, 2.45) is 0 Å². The van der Waals surface area contributed by atoms with Crippen LogP contribution >= 0.6 is 0 Å². The summed E-state index contributed by atoms with van der Waals surface area (Å²) in [6.07, 6.45) is 1.73. The molecule has 0 saturated heterocycles. The number of hydrogen-bond acceptors (Lipinski definition) is 5. The van der Waals surface area contributed by atoms with Crippen LogP contribution in [-0.2, 0) is 17.9 Å². The molecule has 1 amide bonds. The van der Waals surface area contributed by atoms with Gasteiger partial charge in [0.15, 0.2) is 18.1 Å². The number of aryl methyl sites for hydroxylation is 1. The van der Waals surface area contributed by atoms with Gasteiger partial charge in [0.05, 0.1) is 5.39 Å². The van der Waals surface area contributed by atoms with Gasteiger partial charge in [-0.3, -0.25) is 9.59 Å². The lowest BCUT2D eigenvalue weighted by Gasteiger charge is -2.11. The van der Waals surface area contributed by atoms with Crippen molar-refractivity contribution in [1.82, 2.24) is 9.88 Å². The van der Waals surface area contributed by atoms with Gasteiger partial charge in [0.25, 0.3) is 11.5 Å². The number of carbonyl (C=O) groups excluding carboxylic acids is 1. The molecule has 2 aromatic carbocycles. The number of fused-ring (bicyclic) bond motifs is 2. The molecule has 0 spiro atoms. The average molecular weight is 380 g/mol. The van der Waals surface area contributed by atoms with Crippen LogP contribution in [0.1, 0.15) is 12.5 Å². The zero-order valence-electron chi connectivity index (χ0n) is 15.4. The first-order valence-electron chi connectivity index (χ1n) is 9.06. The first kappa shape index (κ1) is 17.9. The molecule has 0 saturated carbocycles. The number of benzene rings is 2. The van der Waals surface area contributed by atoms with Crippen molar-refractivity contribution in [3.8, 4) is 17.2 Å². The second-order valence-corrected chi connectivity index (χ2v) is 6.38. The van der Waals surface area contributed by atoms with Crippen molar-refractivity contribution >= 4 is 16.7 Å². The van der Waals surface area contributed by atoms with Gasteiger partial charge in [0.2, 0.25) is 6.79 Å². The Morgan fingerprint density at radius 3 is 2.86 bits per heavy atom. The minimum absolute atomic E-state index is 0.0716. The summed E-state index contributed by atoms with van der Waals surface area (Å²) in [4.78, 5) is 24.6. The zero-order chi connectivity index (χ0) is 19.5. The van der Waals surface area contributed by atoms with Crippen LogP contribution in [0.5, 0.6) is 17.2 Å². The van der Waals surface area contributed by atoms with E-state index in [9.17, 15) is 9.59 Å². The highest BCUT2D eigenvalue weighted by molar-refractivity contribution is 5.88. The number of amides is 1. The van der Waals surface area contributed by atoms with E-state index < -0.39 is 0 Å². The Morgan fingerprint density at radius 2 is 2.00 bits per heavy atom. The zero-order valence-corrected chi connectivity index (χ0v) is 15.4. The first-order valence-corrected chi connectivity index (χ1v) is 9.06. The molecule has 4 rings (SSSR count). The average Bonchev–Trinajstić information content (AvgIpc) is 3.19. The third kappa shape index (κ3) is 3.51. The summed E-state index contributed by atoms with van der Waals surface area (Å²) >= 11 is 0. The van der Waals surface area contributed by atoms with Crippen molar-refractivity contribution in [1.29, 1.82) is 0 Å². The molecule has 1 aromatic heterocycles. The summed E-state index contributed by atoms with van der Waals surface area (Å²) in [7, 11) is 0. The van der Waals surface area contributed by atoms with E-state index >= 15 is 0 Å². The summed E-state index contributed by atoms with van der Waals surface area (Å²) in [6, 6.07) is 12.6. The molecule has 7 nitrogen and oxygen atoms in total. The largest absolute Gasteiger partial charge is 0.483 e. The maximum atomic E-state index is 12.4. The minimum Gasteiger partial charge on any atom is -0.483 e. The van der Waals surface area contributed by atoms with Crippen molar-refractivity contribution < 1.29 is 19.0 Å². The molecule has 3 aromatic rings. The Balaban J connectivity index is 1.39. The smallest absolute Gasteiger partial charge is 0.258 e. The van der Waals surface area contributed by atoms with Gasteiger partial charge < -0.3 is 24.1 Å². The maximum absolute atomic E-state index is 12.4. The SMILES string of the molecule is CCn1ccc2c(OCC(=O)NCc3ccc4c(c3)OCO4)cccc2c1=O. The third-order valence-corrected chi connectivity index (χ3v) is 4.60. The fraction of sp³-hybridized carbons (Fsp3) is 0.238. The molecular weight excluding hydrogens is 360 g/mol. The Bertz CT molecular complexity index is 1090. The summed E-state index contributed by atoms with van der Waals surface area (Å²) < 4.78 is 17.9. The number of pyridine rings is 1. The van der Waals surface area contributed by atoms with E-state index in [1.807, 2.05) is 31.2 Å². The van der Waals surface area contributed by atoms with Gasteiger partial charge in [-0.25, -0.2) is 0 Å². The molecule has 0 radical (unpaired) electrons. The number of aromatic nitrogens is 1. The number of nitrogens with one attached hydrogen (secondary N) is 1. The fourth-order valence-corrected chi connectivity index (χ4v) is 3.11. The topological polar surface area (TPSA) is 78.8 Å². The summed E-state index contributed by atoms with van der Waals surface area (Å²) in [5.41, 5.74) is 0.834. The fourth-order valence-electron chi connectivity index (χ4n) is 3.11. The van der Waals surface area contributed by atoms with Gasteiger partial charge in [-0.05, 0) is 42.8 Å². The highest BCUT2D eigenvalue weighted by Gasteiger charge is 2.14. The lowest BCUT2D eigenvalue weighted by Crippen LogP contribution is -2.28. The monoisotopic (exact) mass is 380 g/mol. The van der Waals surface area contributed by atoms with Gasteiger partial charge in [0.1, 0.15) is 5.75 Å². The maximum Gasteiger partial charge on any atom is 0.258 e. The Kier molecular flexibility index (Phi) is 4.89. The molecule has 0 fully saturated rings. The van der Waals surface area contributed by atoms with Gasteiger partial charge in [-0.1, -0.05) is 12.1 Å². The van der Waals surface area contributed by atoms with E-state index in [2.05, 4.69) is 5.32 Å². The molecule has 1 N–H and O–H groups in total. The van der Waals surface area contributed by atoms with E-state index in [0.29, 0.717) is 41.1 Å². The number of carbonyl (C=O) groups is 1. The van der Waals surface area contributed by atoms with Gasteiger partial charge in [-0.2, -0.15) is 0 Å². The lowest BCUT2D eigenvalue weighted by atomic mass is 10.1. The Hall–Kier alpha value is -3.48. The molecule has 0 aliphatic carbocycles. The number of ether oxygens (including phenoxy) is 3. The predicted octanol–water partition coefficient (Wildman–Crippen LogP) is 2.45. The molecule has 0 bridgehead atoms. The minimum atomic E-state index is -0.253. The van der Waals surface area contributed by atoms with Crippen LogP contribution in [0.25, 0.3) is 10.8 Å². The highest BCUT2D eigenvalue weighted by Crippen LogP contribution is 2.32. The molecule has 28 heavy (non-hydrogen) atoms. The predicted molar refractivity (Wildman–Crippen MR) is 104 cm³/mol. The van der Waals surface area contributed by atoms with Crippen LogP contribution in [0.2, 0.25) is 0 Å². The normalized spacial score (nSPS) is 12.2. The number of rotatable bonds is 6.